The van der Waals surface area contributed by atoms with Gasteiger partial charge in [0, 0.05) is 142 Å². The molecule has 9 fully saturated rings. The fourth-order valence-electron chi connectivity index (χ4n) is 18.8. The molecule has 702 valence electrons. The van der Waals surface area contributed by atoms with Crippen LogP contribution in [0.3, 0.4) is 0 Å². The number of nitrogen functional groups attached to an aromatic ring is 2. The topological polar surface area (TPSA) is 362 Å². The molecule has 5 atom stereocenters. The lowest BCUT2D eigenvalue weighted by Crippen LogP contribution is -2.59. The zero-order valence-corrected chi connectivity index (χ0v) is 77.3. The quantitative estimate of drug-likeness (QED) is 0.0292. The molecule has 3 amide bonds. The van der Waals surface area contributed by atoms with Crippen molar-refractivity contribution in [1.82, 2.24) is 88.2 Å². The van der Waals surface area contributed by atoms with Gasteiger partial charge in [0.2, 0.25) is 5.91 Å². The second-order valence-electron chi connectivity index (χ2n) is 36.6. The number of benzene rings is 3. The van der Waals surface area contributed by atoms with Crippen LogP contribution in [-0.2, 0) is 23.9 Å². The zero-order valence-electron chi connectivity index (χ0n) is 75.8. The number of carbonyl (C=O) groups is 3. The smallest absolute Gasteiger partial charge is 0.355 e. The van der Waals surface area contributed by atoms with Crippen LogP contribution < -0.4 is 43.2 Å². The molecular weight excluding hydrogens is 1790 g/mol. The number of piperazine rings is 3. The number of nitrogens with two attached hydrogens (primary N) is 2. The van der Waals surface area contributed by atoms with Gasteiger partial charge in [-0.15, -0.1) is 0 Å². The average Bonchev–Trinajstić information content (AvgIpc) is 1.73. The molecule has 12 aromatic rings. The number of methoxy groups -OCH3 is 2. The Morgan fingerprint density at radius 1 is 0.449 bits per heavy atom. The first-order chi connectivity index (χ1) is 65.5. The molecule has 0 radical (unpaired) electrons. The van der Waals surface area contributed by atoms with Gasteiger partial charge in [-0.1, -0.05) is 66.7 Å². The van der Waals surface area contributed by atoms with E-state index >= 15 is 13.2 Å². The third kappa shape index (κ3) is 17.5. The van der Waals surface area contributed by atoms with Crippen molar-refractivity contribution in [3.05, 3.63) is 234 Å². The molecule has 6 saturated carbocycles. The van der Waals surface area contributed by atoms with E-state index in [-0.39, 0.29) is 180 Å². The molecule has 3 aliphatic heterocycles. The highest BCUT2D eigenvalue weighted by Crippen LogP contribution is 2.53. The fraction of sp³-hybridized carbons (Fsp3) is 0.388. The lowest BCUT2D eigenvalue weighted by Gasteiger charge is -2.44. The monoisotopic (exact) mass is 1890 g/mol. The molecule has 9 aliphatic rings. The molecule has 6 aliphatic carbocycles. The Hall–Kier alpha value is -13.6. The van der Waals surface area contributed by atoms with E-state index in [2.05, 4.69) is 63.0 Å². The van der Waals surface area contributed by atoms with E-state index in [9.17, 15) is 37.5 Å². The number of nitrogens with zero attached hydrogens (tertiary/aromatic N) is 21. The molecule has 38 heteroatoms. The van der Waals surface area contributed by atoms with Crippen LogP contribution in [0.4, 0.5) is 50.8 Å². The summed E-state index contributed by atoms with van der Waals surface area (Å²) in [7, 11) is 2.99. The Bertz CT molecular complexity index is 7010. The summed E-state index contributed by atoms with van der Waals surface area (Å²) < 4.78 is 89.4. The van der Waals surface area contributed by atoms with Crippen LogP contribution in [0.2, 0.25) is 10.0 Å². The molecule has 0 spiro atoms. The van der Waals surface area contributed by atoms with Crippen LogP contribution in [0.5, 0.6) is 0 Å². The Balaban J connectivity index is 0.000000131. The number of rotatable bonds is 21. The van der Waals surface area contributed by atoms with Crippen molar-refractivity contribution >= 4 is 103 Å². The number of pyridine rings is 3. The van der Waals surface area contributed by atoms with Crippen LogP contribution in [0.15, 0.2) is 149 Å². The molecule has 3 saturated heterocycles. The summed E-state index contributed by atoms with van der Waals surface area (Å²) in [5.41, 5.74) is 18.1. The van der Waals surface area contributed by atoms with Crippen molar-refractivity contribution in [3.63, 3.8) is 0 Å². The number of anilines is 5. The Morgan fingerprint density at radius 2 is 0.824 bits per heavy atom. The van der Waals surface area contributed by atoms with Gasteiger partial charge in [0.05, 0.1) is 114 Å². The van der Waals surface area contributed by atoms with Crippen molar-refractivity contribution in [2.45, 2.75) is 177 Å². The minimum atomic E-state index is -1.05. The van der Waals surface area contributed by atoms with Crippen LogP contribution in [-0.4, -0.2) is 203 Å². The van der Waals surface area contributed by atoms with E-state index in [1.807, 2.05) is 37.5 Å². The molecule has 31 nitrogen and oxygen atoms in total. The summed E-state index contributed by atoms with van der Waals surface area (Å²) in [5, 5.41) is 1.56. The summed E-state index contributed by atoms with van der Waals surface area (Å²) in [4.78, 5) is 148. The van der Waals surface area contributed by atoms with Crippen LogP contribution in [0, 0.1) is 23.3 Å². The second-order valence-corrected chi connectivity index (χ2v) is 37.4. The second kappa shape index (κ2) is 36.9. The van der Waals surface area contributed by atoms with Gasteiger partial charge in [-0.05, 0) is 166 Å². The molecule has 4 N–H and O–H groups in total. The number of ether oxygens (including phenoxy) is 2. The van der Waals surface area contributed by atoms with E-state index in [0.717, 1.165) is 111 Å². The van der Waals surface area contributed by atoms with Gasteiger partial charge >= 0.3 is 17.1 Å². The van der Waals surface area contributed by atoms with Gasteiger partial charge in [-0.3, -0.25) is 14.4 Å². The van der Waals surface area contributed by atoms with E-state index in [1.54, 1.807) is 77.8 Å². The number of fused-ring (bicyclic) bond motifs is 3. The van der Waals surface area contributed by atoms with Crippen molar-refractivity contribution in [1.29, 1.82) is 0 Å². The molecule has 0 unspecified atom stereocenters. The molecular formula is C98H98Cl2F5N23O8. The number of aromatic nitrogens is 15. The van der Waals surface area contributed by atoms with Crippen LogP contribution in [0.25, 0.3) is 83.9 Å². The average molecular weight is 1890 g/mol. The lowest BCUT2D eigenvalue weighted by molar-refractivity contribution is -0.133. The maximum absolute atomic E-state index is 15.9. The third-order valence-corrected chi connectivity index (χ3v) is 27.3. The zero-order chi connectivity index (χ0) is 95.4. The highest BCUT2D eigenvalue weighted by atomic mass is 35.5. The summed E-state index contributed by atoms with van der Waals surface area (Å²) in [5.74, 6) is -2.78. The van der Waals surface area contributed by atoms with Gasteiger partial charge in [0.25, 0.3) is 11.8 Å². The lowest BCUT2D eigenvalue weighted by atomic mass is 10.1. The third-order valence-electron chi connectivity index (χ3n) is 26.7. The number of amides is 3. The van der Waals surface area contributed by atoms with Crippen LogP contribution >= 0.6 is 23.2 Å². The number of hydrogen-bond acceptors (Lipinski definition) is 25. The van der Waals surface area contributed by atoms with E-state index in [0.29, 0.717) is 72.3 Å². The van der Waals surface area contributed by atoms with E-state index in [1.165, 1.54) is 86.6 Å². The minimum absolute atomic E-state index is 0.0413. The molecule has 21 rings (SSSR count). The maximum Gasteiger partial charge on any atom is 0.355 e. The first-order valence-electron chi connectivity index (χ1n) is 45.7. The first-order valence-corrected chi connectivity index (χ1v) is 46.5. The molecule has 0 bridgehead atoms. The van der Waals surface area contributed by atoms with Crippen LogP contribution in [0.1, 0.15) is 181 Å². The predicted molar refractivity (Wildman–Crippen MR) is 506 cm³/mol. The number of halogens is 7. The first kappa shape index (κ1) is 91.5. The molecule has 12 heterocycles. The molecule has 9 aromatic heterocycles. The molecule has 136 heavy (non-hydrogen) atoms. The van der Waals surface area contributed by atoms with E-state index < -0.39 is 58.1 Å². The van der Waals surface area contributed by atoms with Gasteiger partial charge in [-0.25, -0.2) is 94.9 Å². The van der Waals surface area contributed by atoms with Gasteiger partial charge in [0.1, 0.15) is 65.4 Å². The summed E-state index contributed by atoms with van der Waals surface area (Å²) in [6, 6.07) is 17.8. The Kier molecular flexibility index (Phi) is 24.8. The van der Waals surface area contributed by atoms with Crippen molar-refractivity contribution in [3.8, 4) is 50.8 Å². The number of carbonyl (C=O) groups excluding carboxylic acids is 3. The standard InChI is InChI=1S/C34H36ClFN8O3.C33H34ClFN8O3.C31H28F3N7O2/c1-18-16-43(19(2)15-42(18)26(45)8-5-13-47-3)32-22-14-23(35)30(27-24(36)6-4-7-25(27)37)40-33(22)44(34(46)41-32)31-28(20-9-10-20)38-17-39-29(31)21-11-12-21;1-16-14-42(32(44)18(3)46-4)17(2)13-41(16)30-21-12-22(34)28(25-23(35)6-5-7-24(25)36)39-31(21)43(33(45)40-30)29-26(19-8-9-19)37-15-38-27(29)20-10-11-20;1-16-14-39(30(42)17(2)32)11-12-40(16)28-21-13-23(34)26(20-5-3-4-6-22(20)33)37-29(21)41(31(43)38-28)27-24(18-7-8-18)35-15-36-25(27)19-9-10-19/h4-8,14,17-21H,9-13,15-16,37H2,1-3H3;5-7,12,15-17,19-20H,3,8-11,13-14,36H2,1-2,4H3;3-6,13,15-16,18-19H,2,7-12,14H2,1H3/b8-5+;;/t18-,19+;16-,17+;16-/m100/s1. The summed E-state index contributed by atoms with van der Waals surface area (Å²) >= 11 is 13.8. The van der Waals surface area contributed by atoms with Gasteiger partial charge in [-0.2, -0.15) is 15.0 Å². The van der Waals surface area contributed by atoms with Crippen molar-refractivity contribution in [2.75, 3.05) is 92.8 Å². The van der Waals surface area contributed by atoms with Gasteiger partial charge < -0.3 is 50.3 Å². The minimum Gasteiger partial charge on any atom is -0.492 e. The summed E-state index contributed by atoms with van der Waals surface area (Å²) in [6.45, 7) is 18.8. The van der Waals surface area contributed by atoms with E-state index in [4.69, 9.17) is 54.1 Å². The largest absolute Gasteiger partial charge is 0.492 e. The Labute approximate surface area is 787 Å². The van der Waals surface area contributed by atoms with Crippen molar-refractivity contribution < 1.29 is 45.8 Å². The summed E-state index contributed by atoms with van der Waals surface area (Å²) in [6.07, 6.45) is 19.2. The van der Waals surface area contributed by atoms with Crippen molar-refractivity contribution in [2.24, 2.45) is 0 Å². The predicted octanol–water partition coefficient (Wildman–Crippen LogP) is 14.7. The highest BCUT2D eigenvalue weighted by molar-refractivity contribution is 6.34. The SMILES string of the molecule is C=C(F)C(=O)N1CCN(c2nc(=O)n(-c3c(C4CC4)ncnc3C3CC3)c3nc(-c4ccccc4F)c(F)cc23)[C@@H](C)C1.C=C(OC)C(=O)N1C[C@H](C)N(c2nc(=O)n(-c3c(C4CC4)ncnc3C3CC3)c3nc(-c4c(N)cccc4F)c(Cl)cc23)C[C@H]1C.COC/C=C/C(=O)N1C[C@H](C)N(c2nc(=O)n(-c3c(C4CC4)ncnc3C3CC3)c3nc(-c4c(N)cccc4F)c(Cl)cc23)C[C@H]1C. The molecule has 3 aromatic carbocycles. The normalized spacial score (nSPS) is 19.6. The highest BCUT2D eigenvalue weighted by Gasteiger charge is 2.44. The Morgan fingerprint density at radius 3 is 1.21 bits per heavy atom. The van der Waals surface area contributed by atoms with Gasteiger partial charge in [0.15, 0.2) is 28.5 Å². The number of hydrogen-bond donors (Lipinski definition) is 2. The maximum atomic E-state index is 15.9. The fourth-order valence-corrected chi connectivity index (χ4v) is 19.3.